The smallest absolute Gasteiger partial charge is 0.0635 e. The van der Waals surface area contributed by atoms with E-state index in [4.69, 9.17) is 0 Å². The van der Waals surface area contributed by atoms with E-state index in [1.165, 1.54) is 12.1 Å². The molecule has 1 unspecified atom stereocenters. The number of aryl methyl sites for hydroxylation is 1. The van der Waals surface area contributed by atoms with Gasteiger partial charge in [0.2, 0.25) is 0 Å². The van der Waals surface area contributed by atoms with Crippen LogP contribution in [-0.2, 0) is 13.5 Å². The predicted octanol–water partition coefficient (Wildman–Crippen LogP) is 3.29. The van der Waals surface area contributed by atoms with E-state index in [9.17, 15) is 0 Å². The third-order valence-electron chi connectivity index (χ3n) is 2.15. The predicted molar refractivity (Wildman–Crippen MR) is 62.2 cm³/mol. The van der Waals surface area contributed by atoms with Crippen LogP contribution < -0.4 is 0 Å². The van der Waals surface area contributed by atoms with Crippen LogP contribution >= 0.6 is 31.9 Å². The molecule has 0 aliphatic heterocycles. The van der Waals surface area contributed by atoms with Crippen LogP contribution in [0.5, 0.6) is 0 Å². The average Bonchev–Trinajstić information content (AvgIpc) is 2.43. The molecule has 1 heterocycles. The van der Waals surface area contributed by atoms with Crippen molar-refractivity contribution in [2.75, 3.05) is 0 Å². The lowest BCUT2D eigenvalue weighted by Gasteiger charge is -2.06. The van der Waals surface area contributed by atoms with Crippen LogP contribution in [0.15, 0.2) is 10.7 Å². The van der Waals surface area contributed by atoms with Crippen molar-refractivity contribution in [1.82, 2.24) is 9.78 Å². The number of halogens is 2. The lowest BCUT2D eigenvalue weighted by molar-refractivity contribution is 0.664. The van der Waals surface area contributed by atoms with Gasteiger partial charge in [-0.1, -0.05) is 22.9 Å². The summed E-state index contributed by atoms with van der Waals surface area (Å²) in [6, 6.07) is 0. The summed E-state index contributed by atoms with van der Waals surface area (Å²) in [5.41, 5.74) is 1.28. The van der Waals surface area contributed by atoms with Crippen molar-refractivity contribution < 1.29 is 0 Å². The largest absolute Gasteiger partial charge is 0.271 e. The molecule has 1 aromatic rings. The zero-order valence-corrected chi connectivity index (χ0v) is 11.1. The van der Waals surface area contributed by atoms with Crippen molar-refractivity contribution >= 4 is 31.9 Å². The first kappa shape index (κ1) is 11.2. The van der Waals surface area contributed by atoms with Gasteiger partial charge in [-0.3, -0.25) is 4.68 Å². The molecule has 0 saturated heterocycles. The van der Waals surface area contributed by atoms with E-state index in [1.807, 2.05) is 17.9 Å². The Morgan fingerprint density at radius 1 is 1.62 bits per heavy atom. The minimum atomic E-state index is 0.620. The molecule has 0 amide bonds. The first-order valence-corrected chi connectivity index (χ1v) is 6.16. The molecule has 1 aromatic heterocycles. The minimum Gasteiger partial charge on any atom is -0.271 e. The maximum absolute atomic E-state index is 4.17. The highest BCUT2D eigenvalue weighted by atomic mass is 79.9. The standard InChI is InChI=1S/C9H14Br2N2/c1-3-7(10)4-5-9-8(11)6-12-13(9)2/h6-7H,3-5H2,1-2H3. The first-order chi connectivity index (χ1) is 6.15. The van der Waals surface area contributed by atoms with Crippen LogP contribution in [0.2, 0.25) is 0 Å². The molecule has 2 nitrogen and oxygen atoms in total. The van der Waals surface area contributed by atoms with Gasteiger partial charge in [-0.25, -0.2) is 0 Å². The number of alkyl halides is 1. The summed E-state index contributed by atoms with van der Waals surface area (Å²) in [5.74, 6) is 0. The lowest BCUT2D eigenvalue weighted by Crippen LogP contribution is -2.03. The van der Waals surface area contributed by atoms with E-state index in [-0.39, 0.29) is 0 Å². The van der Waals surface area contributed by atoms with Crippen molar-refractivity contribution in [3.63, 3.8) is 0 Å². The highest BCUT2D eigenvalue weighted by Crippen LogP contribution is 2.19. The Kier molecular flexibility index (Phi) is 4.46. The topological polar surface area (TPSA) is 17.8 Å². The van der Waals surface area contributed by atoms with E-state index in [0.717, 1.165) is 17.3 Å². The summed E-state index contributed by atoms with van der Waals surface area (Å²) >= 11 is 7.12. The molecule has 0 saturated carbocycles. The van der Waals surface area contributed by atoms with E-state index in [0.29, 0.717) is 4.83 Å². The molecule has 0 aromatic carbocycles. The molecular formula is C9H14Br2N2. The van der Waals surface area contributed by atoms with Crippen molar-refractivity contribution in [2.45, 2.75) is 31.0 Å². The van der Waals surface area contributed by atoms with Gasteiger partial charge in [0.05, 0.1) is 16.4 Å². The molecule has 1 rings (SSSR count). The van der Waals surface area contributed by atoms with E-state index >= 15 is 0 Å². The maximum atomic E-state index is 4.17. The Hall–Kier alpha value is 0.170. The van der Waals surface area contributed by atoms with Crippen molar-refractivity contribution in [1.29, 1.82) is 0 Å². The Morgan fingerprint density at radius 3 is 2.77 bits per heavy atom. The molecule has 13 heavy (non-hydrogen) atoms. The highest BCUT2D eigenvalue weighted by molar-refractivity contribution is 9.10. The van der Waals surface area contributed by atoms with Crippen molar-refractivity contribution in [2.24, 2.45) is 7.05 Å². The van der Waals surface area contributed by atoms with Gasteiger partial charge in [-0.2, -0.15) is 5.10 Å². The molecule has 0 radical (unpaired) electrons. The third-order valence-corrected chi connectivity index (χ3v) is 3.92. The fraction of sp³-hybridized carbons (Fsp3) is 0.667. The second-order valence-corrected chi connectivity index (χ2v) is 5.26. The summed E-state index contributed by atoms with van der Waals surface area (Å²) in [7, 11) is 1.98. The molecule has 4 heteroatoms. The summed E-state index contributed by atoms with van der Waals surface area (Å²) in [5, 5.41) is 4.17. The van der Waals surface area contributed by atoms with Crippen molar-refractivity contribution in [3.05, 3.63) is 16.4 Å². The number of hydrogen-bond donors (Lipinski definition) is 0. The van der Waals surface area contributed by atoms with Gasteiger partial charge in [0.1, 0.15) is 0 Å². The van der Waals surface area contributed by atoms with Crippen LogP contribution in [0.3, 0.4) is 0 Å². The monoisotopic (exact) mass is 308 g/mol. The van der Waals surface area contributed by atoms with Gasteiger partial charge in [-0.15, -0.1) is 0 Å². The summed E-state index contributed by atoms with van der Waals surface area (Å²) in [4.78, 5) is 0.620. The fourth-order valence-corrected chi connectivity index (χ4v) is 1.99. The van der Waals surface area contributed by atoms with Gasteiger partial charge in [-0.05, 0) is 35.2 Å². The number of nitrogens with zero attached hydrogens (tertiary/aromatic N) is 2. The molecular weight excluding hydrogens is 296 g/mol. The van der Waals surface area contributed by atoms with Crippen LogP contribution in [-0.4, -0.2) is 14.6 Å². The van der Waals surface area contributed by atoms with Gasteiger partial charge in [0.15, 0.2) is 0 Å². The summed E-state index contributed by atoms with van der Waals surface area (Å²) in [6.07, 6.45) is 5.26. The molecule has 74 valence electrons. The Labute approximate surface area is 96.0 Å². The quantitative estimate of drug-likeness (QED) is 0.780. The molecule has 0 N–H and O–H groups in total. The third kappa shape index (κ3) is 3.09. The van der Waals surface area contributed by atoms with E-state index < -0.39 is 0 Å². The highest BCUT2D eigenvalue weighted by Gasteiger charge is 2.08. The number of rotatable bonds is 4. The average molecular weight is 310 g/mol. The van der Waals surface area contributed by atoms with Crippen LogP contribution in [0.4, 0.5) is 0 Å². The van der Waals surface area contributed by atoms with Crippen LogP contribution in [0.25, 0.3) is 0 Å². The summed E-state index contributed by atoms with van der Waals surface area (Å²) in [6.45, 7) is 2.19. The number of aromatic nitrogens is 2. The Morgan fingerprint density at radius 2 is 2.31 bits per heavy atom. The molecule has 0 spiro atoms. The van der Waals surface area contributed by atoms with Gasteiger partial charge in [0, 0.05) is 11.9 Å². The first-order valence-electron chi connectivity index (χ1n) is 4.45. The molecule has 0 aliphatic rings. The zero-order chi connectivity index (χ0) is 9.84. The Balaban J connectivity index is 2.53. The number of hydrogen-bond acceptors (Lipinski definition) is 1. The normalized spacial score (nSPS) is 13.2. The Bertz CT molecular complexity index is 251. The fourth-order valence-electron chi connectivity index (χ4n) is 1.21. The van der Waals surface area contributed by atoms with Crippen molar-refractivity contribution in [3.8, 4) is 0 Å². The zero-order valence-electron chi connectivity index (χ0n) is 7.93. The molecule has 0 bridgehead atoms. The van der Waals surface area contributed by atoms with Gasteiger partial charge < -0.3 is 0 Å². The second-order valence-electron chi connectivity index (χ2n) is 3.11. The minimum absolute atomic E-state index is 0.620. The maximum Gasteiger partial charge on any atom is 0.0635 e. The molecule has 0 fully saturated rings. The van der Waals surface area contributed by atoms with Gasteiger partial charge in [0.25, 0.3) is 0 Å². The van der Waals surface area contributed by atoms with Crippen LogP contribution in [0, 0.1) is 0 Å². The van der Waals surface area contributed by atoms with Crippen LogP contribution in [0.1, 0.15) is 25.5 Å². The lowest BCUT2D eigenvalue weighted by atomic mass is 10.1. The molecule has 1 atom stereocenters. The summed E-state index contributed by atoms with van der Waals surface area (Å²) < 4.78 is 3.05. The van der Waals surface area contributed by atoms with Gasteiger partial charge >= 0.3 is 0 Å². The second kappa shape index (κ2) is 5.15. The molecule has 0 aliphatic carbocycles. The van der Waals surface area contributed by atoms with E-state index in [1.54, 1.807) is 0 Å². The van der Waals surface area contributed by atoms with E-state index in [2.05, 4.69) is 43.9 Å². The SMILES string of the molecule is CCC(Br)CCc1c(Br)cnn1C.